The standard InChI is InChI=1S/C14H16O3/c1-8(2)17-14(16)12-7-10-5-4-9(3)6-11(10)13(12)15/h4-6,8,12H,7H2,1-3H3. The molecule has 0 spiro atoms. The maximum atomic E-state index is 12.1. The molecule has 1 aliphatic rings. The number of ether oxygens (including phenoxy) is 1. The summed E-state index contributed by atoms with van der Waals surface area (Å²) in [7, 11) is 0. The van der Waals surface area contributed by atoms with Crippen LogP contribution in [0.1, 0.15) is 35.3 Å². The summed E-state index contributed by atoms with van der Waals surface area (Å²) in [6.45, 7) is 5.51. The Hall–Kier alpha value is -1.64. The van der Waals surface area contributed by atoms with E-state index >= 15 is 0 Å². The molecule has 1 aliphatic carbocycles. The number of Topliss-reactive ketones (excluding diaryl/α,β-unsaturated/α-hetero) is 1. The first-order valence-electron chi connectivity index (χ1n) is 5.83. The summed E-state index contributed by atoms with van der Waals surface area (Å²) < 4.78 is 5.11. The van der Waals surface area contributed by atoms with Gasteiger partial charge in [-0.1, -0.05) is 17.7 Å². The van der Waals surface area contributed by atoms with Gasteiger partial charge in [0, 0.05) is 5.56 Å². The number of carbonyl (C=O) groups is 2. The van der Waals surface area contributed by atoms with E-state index in [1.54, 1.807) is 13.8 Å². The highest BCUT2D eigenvalue weighted by Gasteiger charge is 2.37. The molecule has 0 saturated heterocycles. The minimum absolute atomic E-state index is 0.102. The summed E-state index contributed by atoms with van der Waals surface area (Å²) in [6.07, 6.45) is 0.292. The van der Waals surface area contributed by atoms with Crippen LogP contribution in [0, 0.1) is 12.8 Å². The Morgan fingerprint density at radius 3 is 2.76 bits per heavy atom. The predicted molar refractivity (Wildman–Crippen MR) is 63.9 cm³/mol. The van der Waals surface area contributed by atoms with Crippen LogP contribution in [0.25, 0.3) is 0 Å². The Balaban J connectivity index is 2.23. The van der Waals surface area contributed by atoms with E-state index in [0.717, 1.165) is 11.1 Å². The molecule has 0 fully saturated rings. The number of benzene rings is 1. The van der Waals surface area contributed by atoms with Gasteiger partial charge in [0.25, 0.3) is 0 Å². The van der Waals surface area contributed by atoms with Crippen LogP contribution in [0.5, 0.6) is 0 Å². The van der Waals surface area contributed by atoms with Crippen molar-refractivity contribution < 1.29 is 14.3 Å². The number of rotatable bonds is 2. The maximum Gasteiger partial charge on any atom is 0.317 e. The second kappa shape index (κ2) is 4.32. The first-order valence-corrected chi connectivity index (χ1v) is 5.83. The van der Waals surface area contributed by atoms with E-state index in [9.17, 15) is 9.59 Å². The van der Waals surface area contributed by atoms with Crippen LogP contribution in [0.3, 0.4) is 0 Å². The number of hydrogen-bond donors (Lipinski definition) is 0. The summed E-state index contributed by atoms with van der Waals surface area (Å²) in [6, 6.07) is 5.73. The number of ketones is 1. The molecule has 0 N–H and O–H groups in total. The zero-order chi connectivity index (χ0) is 12.6. The fraction of sp³-hybridized carbons (Fsp3) is 0.429. The zero-order valence-corrected chi connectivity index (χ0v) is 10.3. The molecule has 0 saturated carbocycles. The van der Waals surface area contributed by atoms with E-state index in [0.29, 0.717) is 12.0 Å². The second-order valence-corrected chi connectivity index (χ2v) is 4.77. The van der Waals surface area contributed by atoms with Crippen molar-refractivity contribution >= 4 is 11.8 Å². The Bertz CT molecular complexity index is 474. The van der Waals surface area contributed by atoms with Crippen molar-refractivity contribution in [3.8, 4) is 0 Å². The quantitative estimate of drug-likeness (QED) is 0.580. The first-order chi connectivity index (χ1) is 7.99. The molecule has 90 valence electrons. The first kappa shape index (κ1) is 11.8. The second-order valence-electron chi connectivity index (χ2n) is 4.77. The summed E-state index contributed by atoms with van der Waals surface area (Å²) in [4.78, 5) is 23.8. The monoisotopic (exact) mass is 232 g/mol. The molecule has 1 atom stereocenters. The predicted octanol–water partition coefficient (Wildman–Crippen LogP) is 2.30. The van der Waals surface area contributed by atoms with Crippen molar-refractivity contribution in [3.63, 3.8) is 0 Å². The molecule has 17 heavy (non-hydrogen) atoms. The van der Waals surface area contributed by atoms with E-state index < -0.39 is 11.9 Å². The largest absolute Gasteiger partial charge is 0.462 e. The van der Waals surface area contributed by atoms with Gasteiger partial charge in [-0.3, -0.25) is 9.59 Å². The Morgan fingerprint density at radius 2 is 2.12 bits per heavy atom. The van der Waals surface area contributed by atoms with E-state index in [-0.39, 0.29) is 11.9 Å². The van der Waals surface area contributed by atoms with Crippen molar-refractivity contribution in [1.29, 1.82) is 0 Å². The highest BCUT2D eigenvalue weighted by atomic mass is 16.5. The van der Waals surface area contributed by atoms with Gasteiger partial charge < -0.3 is 4.74 Å². The van der Waals surface area contributed by atoms with Crippen LogP contribution in [0.4, 0.5) is 0 Å². The SMILES string of the molecule is Cc1ccc2c(c1)C(=O)C(C(=O)OC(C)C)C2. The Kier molecular flexibility index (Phi) is 3.01. The third-order valence-corrected chi connectivity index (χ3v) is 2.91. The van der Waals surface area contributed by atoms with Crippen molar-refractivity contribution in [3.05, 3.63) is 34.9 Å². The van der Waals surface area contributed by atoms with Crippen LogP contribution in [-0.4, -0.2) is 17.9 Å². The minimum atomic E-state index is -0.644. The third-order valence-electron chi connectivity index (χ3n) is 2.91. The molecule has 0 bridgehead atoms. The fourth-order valence-electron chi connectivity index (χ4n) is 2.10. The molecule has 0 aromatic heterocycles. The molecule has 2 rings (SSSR count). The normalized spacial score (nSPS) is 18.4. The van der Waals surface area contributed by atoms with Crippen LogP contribution in [0.15, 0.2) is 18.2 Å². The average molecular weight is 232 g/mol. The topological polar surface area (TPSA) is 43.4 Å². The van der Waals surface area contributed by atoms with E-state index in [1.807, 2.05) is 25.1 Å². The minimum Gasteiger partial charge on any atom is -0.462 e. The van der Waals surface area contributed by atoms with E-state index in [4.69, 9.17) is 4.74 Å². The molecule has 0 amide bonds. The van der Waals surface area contributed by atoms with E-state index in [1.165, 1.54) is 0 Å². The lowest BCUT2D eigenvalue weighted by molar-refractivity contribution is -0.150. The smallest absolute Gasteiger partial charge is 0.317 e. The molecule has 1 aromatic carbocycles. The molecule has 3 heteroatoms. The van der Waals surface area contributed by atoms with Crippen molar-refractivity contribution in [2.45, 2.75) is 33.3 Å². The van der Waals surface area contributed by atoms with Crippen molar-refractivity contribution in [2.75, 3.05) is 0 Å². The molecular weight excluding hydrogens is 216 g/mol. The lowest BCUT2D eigenvalue weighted by Crippen LogP contribution is -2.25. The summed E-state index contributed by atoms with van der Waals surface area (Å²) in [5, 5.41) is 0. The van der Waals surface area contributed by atoms with Gasteiger partial charge in [0.2, 0.25) is 0 Å². The lowest BCUT2D eigenvalue weighted by atomic mass is 10.1. The van der Waals surface area contributed by atoms with Gasteiger partial charge in [-0.15, -0.1) is 0 Å². The van der Waals surface area contributed by atoms with E-state index in [2.05, 4.69) is 0 Å². The molecule has 1 aromatic rings. The molecule has 1 unspecified atom stereocenters. The van der Waals surface area contributed by atoms with Gasteiger partial charge in [0.05, 0.1) is 6.10 Å². The Morgan fingerprint density at radius 1 is 1.41 bits per heavy atom. The van der Waals surface area contributed by atoms with Crippen LogP contribution >= 0.6 is 0 Å². The summed E-state index contributed by atoms with van der Waals surface area (Å²) >= 11 is 0. The highest BCUT2D eigenvalue weighted by Crippen LogP contribution is 2.28. The number of hydrogen-bond acceptors (Lipinski definition) is 3. The molecule has 0 aliphatic heterocycles. The number of aryl methyl sites for hydroxylation is 1. The summed E-state index contributed by atoms with van der Waals surface area (Å²) in [5.74, 6) is -1.15. The van der Waals surface area contributed by atoms with Gasteiger partial charge in [0.15, 0.2) is 5.78 Å². The maximum absolute atomic E-state index is 12.1. The molecule has 0 radical (unpaired) electrons. The van der Waals surface area contributed by atoms with Crippen LogP contribution < -0.4 is 0 Å². The number of fused-ring (bicyclic) bond motifs is 1. The van der Waals surface area contributed by atoms with Gasteiger partial charge >= 0.3 is 5.97 Å². The van der Waals surface area contributed by atoms with Crippen LogP contribution in [0.2, 0.25) is 0 Å². The van der Waals surface area contributed by atoms with Gasteiger partial charge in [-0.05, 0) is 38.8 Å². The number of esters is 1. The van der Waals surface area contributed by atoms with Gasteiger partial charge in [-0.25, -0.2) is 0 Å². The molecule has 0 heterocycles. The number of carbonyl (C=O) groups excluding carboxylic acids is 2. The average Bonchev–Trinajstić information content (AvgIpc) is 2.55. The fourth-order valence-corrected chi connectivity index (χ4v) is 2.10. The molecule has 3 nitrogen and oxygen atoms in total. The summed E-state index contributed by atoms with van der Waals surface area (Å²) in [5.41, 5.74) is 2.66. The highest BCUT2D eigenvalue weighted by molar-refractivity contribution is 6.12. The van der Waals surface area contributed by atoms with Crippen molar-refractivity contribution in [1.82, 2.24) is 0 Å². The zero-order valence-electron chi connectivity index (χ0n) is 10.3. The van der Waals surface area contributed by atoms with Crippen LogP contribution in [-0.2, 0) is 16.0 Å². The van der Waals surface area contributed by atoms with Gasteiger partial charge in [-0.2, -0.15) is 0 Å². The third kappa shape index (κ3) is 2.23. The molecular formula is C14H16O3. The van der Waals surface area contributed by atoms with Crippen molar-refractivity contribution in [2.24, 2.45) is 5.92 Å². The lowest BCUT2D eigenvalue weighted by Gasteiger charge is -2.11. The Labute approximate surface area is 101 Å². The van der Waals surface area contributed by atoms with Gasteiger partial charge in [0.1, 0.15) is 5.92 Å².